The lowest BCUT2D eigenvalue weighted by atomic mass is 10.1. The maximum Gasteiger partial charge on any atom is 0.146 e. The lowest BCUT2D eigenvalue weighted by Crippen LogP contribution is -2.43. The molecular weight excluding hydrogens is 593 g/mol. The van der Waals surface area contributed by atoms with Crippen molar-refractivity contribution in [2.45, 2.75) is 194 Å². The zero-order chi connectivity index (χ0) is 35.3. The molecule has 0 rings (SSSR count). The molecule has 0 amide bonds. The smallest absolute Gasteiger partial charge is 0.125 e. The lowest BCUT2D eigenvalue weighted by Gasteiger charge is -2.38. The molecule has 0 aromatic carbocycles. The third-order valence-corrected chi connectivity index (χ3v) is 33.1. The second-order valence-electron chi connectivity index (χ2n) is 18.3. The van der Waals surface area contributed by atoms with Gasteiger partial charge in [-0.15, -0.1) is 22.2 Å². The van der Waals surface area contributed by atoms with E-state index in [1.807, 2.05) is 0 Å². The quantitative estimate of drug-likeness (QED) is 0.196. The molecule has 0 aliphatic carbocycles. The summed E-state index contributed by atoms with van der Waals surface area (Å²) in [6, 6.07) is 0. The fourth-order valence-electron chi connectivity index (χ4n) is 6.33. The molecule has 0 saturated carbocycles. The van der Waals surface area contributed by atoms with E-state index in [-0.39, 0.29) is 10.1 Å². The van der Waals surface area contributed by atoms with Crippen LogP contribution in [0, 0.1) is 45.9 Å². The molecule has 0 nitrogen and oxygen atoms in total. The minimum atomic E-state index is -1.98. The Morgan fingerprint density at radius 2 is 0.545 bits per heavy atom. The Kier molecular flexibility index (Phi) is 15.2. The van der Waals surface area contributed by atoms with Crippen molar-refractivity contribution in [1.29, 1.82) is 0 Å². The standard InChI is InChI=1S/C40H72Si4/c1-31(2)43(32(3)4,33(5)6)29-25-37(23-27-41(19,20)39(13,14)15)38(24-28-42(21,22)40(16,17)18)26-30-44(34(7)8,35(9)10)36(11)12/h31-36H,1-22H3. The highest BCUT2D eigenvalue weighted by atomic mass is 28.3. The van der Waals surface area contributed by atoms with Gasteiger partial charge in [0.25, 0.3) is 0 Å². The molecule has 44 heavy (non-hydrogen) atoms. The van der Waals surface area contributed by atoms with E-state index < -0.39 is 32.3 Å². The van der Waals surface area contributed by atoms with E-state index in [0.717, 1.165) is 11.1 Å². The number of hydrogen-bond donors (Lipinski definition) is 0. The highest BCUT2D eigenvalue weighted by Gasteiger charge is 2.43. The van der Waals surface area contributed by atoms with Crippen LogP contribution in [0.5, 0.6) is 0 Å². The number of rotatable bonds is 6. The summed E-state index contributed by atoms with van der Waals surface area (Å²) in [6.45, 7) is 52.2. The maximum atomic E-state index is 4.01. The predicted molar refractivity (Wildman–Crippen MR) is 215 cm³/mol. The van der Waals surface area contributed by atoms with Gasteiger partial charge in [0.1, 0.15) is 32.3 Å². The van der Waals surface area contributed by atoms with E-state index in [1.54, 1.807) is 0 Å². The molecule has 0 aliphatic rings. The van der Waals surface area contributed by atoms with Crippen molar-refractivity contribution in [3.8, 4) is 45.9 Å². The molecule has 0 N–H and O–H groups in total. The molecule has 0 aromatic rings. The Hall–Kier alpha value is -1.15. The van der Waals surface area contributed by atoms with Gasteiger partial charge in [-0.25, -0.2) is 0 Å². The monoisotopic (exact) mass is 664 g/mol. The van der Waals surface area contributed by atoms with Gasteiger partial charge < -0.3 is 0 Å². The molecule has 0 atom stereocenters. The molecule has 0 heterocycles. The van der Waals surface area contributed by atoms with Crippen LogP contribution in [0.1, 0.15) is 125 Å². The minimum absolute atomic E-state index is 0.165. The summed E-state index contributed by atoms with van der Waals surface area (Å²) in [7, 11) is -7.74. The predicted octanol–water partition coefficient (Wildman–Crippen LogP) is 12.8. The van der Waals surface area contributed by atoms with Gasteiger partial charge in [0.15, 0.2) is 0 Å². The lowest BCUT2D eigenvalue weighted by molar-refractivity contribution is 0.730. The summed E-state index contributed by atoms with van der Waals surface area (Å²) in [5.74, 6) is 15.0. The minimum Gasteiger partial charge on any atom is -0.125 e. The van der Waals surface area contributed by atoms with Gasteiger partial charge in [0.05, 0.1) is 11.1 Å². The van der Waals surface area contributed by atoms with Crippen molar-refractivity contribution in [3.63, 3.8) is 0 Å². The fourth-order valence-corrected chi connectivity index (χ4v) is 18.4. The first-order chi connectivity index (χ1) is 19.5. The van der Waals surface area contributed by atoms with E-state index >= 15 is 0 Å². The molecule has 0 fully saturated rings. The van der Waals surface area contributed by atoms with Crippen LogP contribution in [-0.2, 0) is 0 Å². The average Bonchev–Trinajstić information content (AvgIpc) is 2.81. The molecule has 248 valence electrons. The van der Waals surface area contributed by atoms with E-state index in [4.69, 9.17) is 0 Å². The Balaban J connectivity index is 8.52. The van der Waals surface area contributed by atoms with E-state index in [1.165, 1.54) is 0 Å². The largest absolute Gasteiger partial charge is 0.146 e. The summed E-state index contributed by atoms with van der Waals surface area (Å²) < 4.78 is 0. The van der Waals surface area contributed by atoms with Crippen LogP contribution in [0.25, 0.3) is 0 Å². The molecule has 0 spiro atoms. The molecule has 0 aromatic heterocycles. The van der Waals surface area contributed by atoms with Gasteiger partial charge >= 0.3 is 0 Å². The van der Waals surface area contributed by atoms with Crippen LogP contribution in [0.15, 0.2) is 11.1 Å². The third kappa shape index (κ3) is 9.92. The van der Waals surface area contributed by atoms with Gasteiger partial charge in [-0.05, 0) is 43.3 Å². The van der Waals surface area contributed by atoms with Gasteiger partial charge in [-0.1, -0.05) is 174 Å². The summed E-state index contributed by atoms with van der Waals surface area (Å²) in [5, 5.41) is 0.330. The van der Waals surface area contributed by atoms with Crippen LogP contribution < -0.4 is 0 Å². The summed E-state index contributed by atoms with van der Waals surface area (Å²) in [6.07, 6.45) is 0. The van der Waals surface area contributed by atoms with Crippen LogP contribution in [0.4, 0.5) is 0 Å². The Morgan fingerprint density at radius 1 is 0.364 bits per heavy atom. The Bertz CT molecular complexity index is 1110. The summed E-state index contributed by atoms with van der Waals surface area (Å²) in [5.41, 5.74) is 20.8. The Morgan fingerprint density at radius 3 is 0.705 bits per heavy atom. The number of allylic oxidation sites excluding steroid dienone is 2. The van der Waals surface area contributed by atoms with Crippen molar-refractivity contribution in [1.82, 2.24) is 0 Å². The maximum absolute atomic E-state index is 4.01. The average molecular weight is 665 g/mol. The van der Waals surface area contributed by atoms with Crippen molar-refractivity contribution >= 4 is 32.3 Å². The van der Waals surface area contributed by atoms with Crippen LogP contribution in [-0.4, -0.2) is 32.3 Å². The SMILES string of the molecule is CC(C)[Si](C#CC(C#C[Si](C)(C)C(C)(C)C)=C(C#C[Si](C(C)C)(C(C)C)C(C)C)C#C[Si](C)(C)C(C)(C)C)(C(C)C)C(C)C. The highest BCUT2D eigenvalue weighted by Crippen LogP contribution is 2.42. The molecular formula is C40H72Si4. The van der Waals surface area contributed by atoms with Crippen LogP contribution in [0.3, 0.4) is 0 Å². The molecule has 0 aliphatic heterocycles. The number of hydrogen-bond acceptors (Lipinski definition) is 0. The Labute approximate surface area is 282 Å². The molecule has 0 saturated heterocycles. The van der Waals surface area contributed by atoms with E-state index in [9.17, 15) is 0 Å². The van der Waals surface area contributed by atoms with E-state index in [0.29, 0.717) is 33.2 Å². The first-order valence-corrected chi connectivity index (χ1v) is 27.9. The molecule has 0 unspecified atom stereocenters. The van der Waals surface area contributed by atoms with Gasteiger partial charge in [-0.3, -0.25) is 0 Å². The molecule has 0 bridgehead atoms. The normalized spacial score (nSPS) is 14.1. The van der Waals surface area contributed by atoms with Crippen LogP contribution in [0.2, 0.25) is 69.5 Å². The van der Waals surface area contributed by atoms with Crippen molar-refractivity contribution < 1.29 is 0 Å². The fraction of sp³-hybridized carbons (Fsp3) is 0.750. The zero-order valence-corrected chi connectivity index (χ0v) is 37.5. The second-order valence-corrected chi connectivity index (χ2v) is 39.5. The topological polar surface area (TPSA) is 0 Å². The van der Waals surface area contributed by atoms with Gasteiger partial charge in [-0.2, -0.15) is 0 Å². The van der Waals surface area contributed by atoms with Gasteiger partial charge in [0.2, 0.25) is 0 Å². The van der Waals surface area contributed by atoms with Crippen molar-refractivity contribution in [3.05, 3.63) is 11.1 Å². The second kappa shape index (κ2) is 15.6. The van der Waals surface area contributed by atoms with Crippen molar-refractivity contribution in [2.75, 3.05) is 0 Å². The summed E-state index contributed by atoms with van der Waals surface area (Å²) >= 11 is 0. The molecule has 4 heteroatoms. The highest BCUT2D eigenvalue weighted by molar-refractivity contribution is 6.91. The third-order valence-electron chi connectivity index (χ3n) is 11.5. The van der Waals surface area contributed by atoms with Gasteiger partial charge in [0, 0.05) is 0 Å². The molecule has 0 radical (unpaired) electrons. The zero-order valence-electron chi connectivity index (χ0n) is 33.5. The summed E-state index contributed by atoms with van der Waals surface area (Å²) in [4.78, 5) is 0. The van der Waals surface area contributed by atoms with E-state index in [2.05, 4.69) is 197 Å². The first-order valence-electron chi connectivity index (χ1n) is 17.4. The van der Waals surface area contributed by atoms with Crippen molar-refractivity contribution in [2.24, 2.45) is 0 Å². The van der Waals surface area contributed by atoms with Crippen LogP contribution >= 0.6 is 0 Å². The first kappa shape index (κ1) is 42.8.